The molecule has 1 aliphatic rings. The van der Waals surface area contributed by atoms with Crippen LogP contribution in [-0.2, 0) is 0 Å². The van der Waals surface area contributed by atoms with E-state index in [1.54, 1.807) is 7.11 Å². The van der Waals surface area contributed by atoms with Crippen molar-refractivity contribution >= 4 is 0 Å². The zero-order chi connectivity index (χ0) is 17.5. The first kappa shape index (κ1) is 15.0. The molecule has 0 saturated heterocycles. The Morgan fingerprint density at radius 3 is 1.31 bits per heavy atom. The van der Waals surface area contributed by atoms with E-state index in [2.05, 4.69) is 84.9 Å². The summed E-state index contributed by atoms with van der Waals surface area (Å²) in [6.07, 6.45) is 0. The Hall–Kier alpha value is -3.32. The lowest BCUT2D eigenvalue weighted by molar-refractivity contribution is 0.416. The average molecular weight is 334 g/mol. The van der Waals surface area contributed by atoms with Crippen LogP contribution < -0.4 is 4.74 Å². The van der Waals surface area contributed by atoms with Crippen molar-refractivity contribution in [2.75, 3.05) is 7.11 Å². The summed E-state index contributed by atoms with van der Waals surface area (Å²) in [6.45, 7) is 0. The summed E-state index contributed by atoms with van der Waals surface area (Å²) >= 11 is 0. The molecule has 0 saturated carbocycles. The van der Waals surface area contributed by atoms with Gasteiger partial charge in [0.2, 0.25) is 0 Å². The molecule has 0 N–H and O–H groups in total. The lowest BCUT2D eigenvalue weighted by Crippen LogP contribution is -1.98. The molecule has 1 aliphatic carbocycles. The fourth-order valence-electron chi connectivity index (χ4n) is 4.05. The van der Waals surface area contributed by atoms with Crippen molar-refractivity contribution in [1.82, 2.24) is 0 Å². The highest BCUT2D eigenvalue weighted by molar-refractivity contribution is 6.04. The maximum atomic E-state index is 5.77. The van der Waals surface area contributed by atoms with Crippen molar-refractivity contribution in [2.45, 2.75) is 0 Å². The van der Waals surface area contributed by atoms with Crippen LogP contribution >= 0.6 is 0 Å². The topological polar surface area (TPSA) is 9.23 Å². The normalized spacial score (nSPS) is 11.3. The highest BCUT2D eigenvalue weighted by Crippen LogP contribution is 2.49. The van der Waals surface area contributed by atoms with Gasteiger partial charge < -0.3 is 4.74 Å². The number of ether oxygens (including phenoxy) is 1. The minimum Gasteiger partial charge on any atom is -0.496 e. The van der Waals surface area contributed by atoms with Crippen LogP contribution in [0.1, 0.15) is 0 Å². The molecule has 0 aromatic heterocycles. The Morgan fingerprint density at radius 2 is 0.808 bits per heavy atom. The van der Waals surface area contributed by atoms with Crippen LogP contribution in [-0.4, -0.2) is 7.11 Å². The summed E-state index contributed by atoms with van der Waals surface area (Å²) in [7, 11) is 1.75. The van der Waals surface area contributed by atoms with Gasteiger partial charge in [0.25, 0.3) is 0 Å². The Kier molecular flexibility index (Phi) is 3.39. The van der Waals surface area contributed by atoms with Crippen LogP contribution in [0.25, 0.3) is 44.5 Å². The highest BCUT2D eigenvalue weighted by Gasteiger charge is 2.23. The Labute approximate surface area is 153 Å². The van der Waals surface area contributed by atoms with Crippen LogP contribution in [0.3, 0.4) is 0 Å². The summed E-state index contributed by atoms with van der Waals surface area (Å²) in [5.74, 6) is 0.907. The van der Waals surface area contributed by atoms with Crippen molar-refractivity contribution in [3.05, 3.63) is 91.0 Å². The SMILES string of the molecule is COc1cccc2c1-c1ccccc1-c1ccccc1-c1ccccc1-2. The number of hydrogen-bond acceptors (Lipinski definition) is 1. The largest absolute Gasteiger partial charge is 0.496 e. The van der Waals surface area contributed by atoms with Crippen LogP contribution in [0.4, 0.5) is 0 Å². The fourth-order valence-corrected chi connectivity index (χ4v) is 4.05. The quantitative estimate of drug-likeness (QED) is 0.332. The predicted octanol–water partition coefficient (Wildman–Crippen LogP) is 6.68. The first-order valence-electron chi connectivity index (χ1n) is 8.84. The van der Waals surface area contributed by atoms with E-state index >= 15 is 0 Å². The molecule has 4 aromatic rings. The number of benzene rings is 4. The number of rotatable bonds is 1. The molecule has 124 valence electrons. The van der Waals surface area contributed by atoms with Crippen molar-refractivity contribution in [2.24, 2.45) is 0 Å². The number of hydrogen-bond donors (Lipinski definition) is 0. The molecule has 0 unspecified atom stereocenters. The van der Waals surface area contributed by atoms with Gasteiger partial charge >= 0.3 is 0 Å². The van der Waals surface area contributed by atoms with Gasteiger partial charge in [-0.1, -0.05) is 84.9 Å². The predicted molar refractivity (Wildman–Crippen MR) is 108 cm³/mol. The smallest absolute Gasteiger partial charge is 0.127 e. The van der Waals surface area contributed by atoms with Crippen LogP contribution in [0, 0.1) is 0 Å². The van der Waals surface area contributed by atoms with Crippen LogP contribution in [0.5, 0.6) is 5.75 Å². The van der Waals surface area contributed by atoms with E-state index in [1.165, 1.54) is 38.9 Å². The minimum atomic E-state index is 0.907. The molecule has 0 radical (unpaired) electrons. The average Bonchev–Trinajstić information content (AvgIpc) is 2.72. The Balaban J connectivity index is 2.02. The molecular weight excluding hydrogens is 316 g/mol. The molecule has 1 nitrogen and oxygen atoms in total. The van der Waals surface area contributed by atoms with Gasteiger partial charge in [0, 0.05) is 5.56 Å². The van der Waals surface area contributed by atoms with Crippen LogP contribution in [0.2, 0.25) is 0 Å². The molecule has 0 amide bonds. The summed E-state index contributed by atoms with van der Waals surface area (Å²) < 4.78 is 5.77. The van der Waals surface area contributed by atoms with Gasteiger partial charge in [0.05, 0.1) is 7.11 Å². The zero-order valence-corrected chi connectivity index (χ0v) is 14.6. The molecule has 0 spiro atoms. The van der Waals surface area contributed by atoms with Gasteiger partial charge in [0.15, 0.2) is 0 Å². The van der Waals surface area contributed by atoms with E-state index in [0.29, 0.717) is 0 Å². The first-order valence-corrected chi connectivity index (χ1v) is 8.84. The standard InChI is InChI=1S/C25H18O/c1-26-24-16-8-15-23-21-12-5-4-11-19(21)17-9-2-3-10-18(17)20-13-6-7-14-22(20)25(23)24/h2-16H,1H3. The number of fused-ring (bicyclic) bond motifs is 8. The van der Waals surface area contributed by atoms with Gasteiger partial charge in [-0.3, -0.25) is 0 Å². The summed E-state index contributed by atoms with van der Waals surface area (Å²) in [5.41, 5.74) is 9.84. The van der Waals surface area contributed by atoms with Gasteiger partial charge in [-0.2, -0.15) is 0 Å². The molecule has 4 aromatic carbocycles. The third-order valence-corrected chi connectivity index (χ3v) is 5.17. The first-order chi connectivity index (χ1) is 12.9. The maximum absolute atomic E-state index is 5.77. The minimum absolute atomic E-state index is 0.907. The molecule has 1 heteroatoms. The van der Waals surface area contributed by atoms with Gasteiger partial charge in [-0.15, -0.1) is 0 Å². The van der Waals surface area contributed by atoms with Crippen molar-refractivity contribution in [1.29, 1.82) is 0 Å². The fraction of sp³-hybridized carbons (Fsp3) is 0.0400. The molecule has 26 heavy (non-hydrogen) atoms. The van der Waals surface area contributed by atoms with E-state index in [-0.39, 0.29) is 0 Å². The molecule has 0 atom stereocenters. The second kappa shape index (κ2) is 5.89. The van der Waals surface area contributed by atoms with E-state index in [1.807, 2.05) is 6.07 Å². The van der Waals surface area contributed by atoms with E-state index in [4.69, 9.17) is 4.74 Å². The summed E-state index contributed by atoms with van der Waals surface area (Å²) in [5, 5.41) is 0. The maximum Gasteiger partial charge on any atom is 0.127 e. The monoisotopic (exact) mass is 334 g/mol. The van der Waals surface area contributed by atoms with E-state index < -0.39 is 0 Å². The second-order valence-corrected chi connectivity index (χ2v) is 6.52. The molecule has 5 rings (SSSR count). The van der Waals surface area contributed by atoms with Gasteiger partial charge in [0.1, 0.15) is 5.75 Å². The number of methoxy groups -OCH3 is 1. The third-order valence-electron chi connectivity index (χ3n) is 5.17. The van der Waals surface area contributed by atoms with Gasteiger partial charge in [-0.05, 0) is 45.0 Å². The molecule has 0 heterocycles. The third kappa shape index (κ3) is 2.11. The summed E-state index contributed by atoms with van der Waals surface area (Å²) in [6, 6.07) is 32.2. The van der Waals surface area contributed by atoms with Crippen molar-refractivity contribution < 1.29 is 4.74 Å². The highest BCUT2D eigenvalue weighted by atomic mass is 16.5. The molecule has 0 bridgehead atoms. The molecular formula is C25H18O. The lowest BCUT2D eigenvalue weighted by Gasteiger charge is -2.24. The Morgan fingerprint density at radius 1 is 0.423 bits per heavy atom. The van der Waals surface area contributed by atoms with Crippen molar-refractivity contribution in [3.63, 3.8) is 0 Å². The second-order valence-electron chi connectivity index (χ2n) is 6.52. The molecule has 0 aliphatic heterocycles. The van der Waals surface area contributed by atoms with E-state index in [0.717, 1.165) is 11.3 Å². The van der Waals surface area contributed by atoms with Crippen LogP contribution in [0.15, 0.2) is 91.0 Å². The lowest BCUT2D eigenvalue weighted by atomic mass is 9.80. The zero-order valence-electron chi connectivity index (χ0n) is 14.6. The van der Waals surface area contributed by atoms with E-state index in [9.17, 15) is 0 Å². The summed E-state index contributed by atoms with van der Waals surface area (Å²) in [4.78, 5) is 0. The molecule has 0 fully saturated rings. The van der Waals surface area contributed by atoms with Crippen molar-refractivity contribution in [3.8, 4) is 50.3 Å². The van der Waals surface area contributed by atoms with Gasteiger partial charge in [-0.25, -0.2) is 0 Å². The Bertz CT molecular complexity index is 1120.